The molecule has 1 aromatic carbocycles. The van der Waals surface area contributed by atoms with Crippen LogP contribution in [-0.4, -0.2) is 4.98 Å². The maximum atomic E-state index is 4.47. The van der Waals surface area contributed by atoms with Crippen molar-refractivity contribution >= 4 is 38.2 Å². The summed E-state index contributed by atoms with van der Waals surface area (Å²) >= 11 is 5.25. The number of thiophene rings is 1. The van der Waals surface area contributed by atoms with Crippen LogP contribution < -0.4 is 5.32 Å². The van der Waals surface area contributed by atoms with Gasteiger partial charge >= 0.3 is 0 Å². The van der Waals surface area contributed by atoms with E-state index < -0.39 is 0 Å². The third-order valence-corrected chi connectivity index (χ3v) is 4.58. The molecule has 1 N–H and O–H groups in total. The summed E-state index contributed by atoms with van der Waals surface area (Å²) in [7, 11) is 0. The van der Waals surface area contributed by atoms with Gasteiger partial charge in [-0.3, -0.25) is 4.98 Å². The standard InChI is InChI=1S/C15H13BrN2S/c16-14-7-6-13(19-14)10-17-9-12-4-1-3-11-5-2-8-18-15(11)12/h1-8,17H,9-10H2. The first-order chi connectivity index (χ1) is 9.33. The summed E-state index contributed by atoms with van der Waals surface area (Å²) < 4.78 is 1.18. The molecule has 0 saturated carbocycles. The highest BCUT2D eigenvalue weighted by Crippen LogP contribution is 2.22. The fraction of sp³-hybridized carbons (Fsp3) is 0.133. The van der Waals surface area contributed by atoms with Gasteiger partial charge in [0.15, 0.2) is 0 Å². The number of aromatic nitrogens is 1. The Morgan fingerprint density at radius 3 is 2.79 bits per heavy atom. The molecule has 0 spiro atoms. The number of fused-ring (bicyclic) bond motifs is 1. The molecule has 19 heavy (non-hydrogen) atoms. The van der Waals surface area contributed by atoms with E-state index in [-0.39, 0.29) is 0 Å². The molecule has 2 heterocycles. The van der Waals surface area contributed by atoms with Crippen LogP contribution in [0.1, 0.15) is 10.4 Å². The molecule has 2 aromatic heterocycles. The largest absolute Gasteiger partial charge is 0.308 e. The summed E-state index contributed by atoms with van der Waals surface area (Å²) in [4.78, 5) is 5.80. The van der Waals surface area contributed by atoms with E-state index in [1.54, 1.807) is 11.3 Å². The third kappa shape index (κ3) is 3.03. The zero-order valence-electron chi connectivity index (χ0n) is 10.3. The number of benzene rings is 1. The molecule has 0 saturated heterocycles. The van der Waals surface area contributed by atoms with Gasteiger partial charge in [-0.15, -0.1) is 11.3 Å². The number of nitrogens with one attached hydrogen (secondary N) is 1. The van der Waals surface area contributed by atoms with E-state index in [4.69, 9.17) is 0 Å². The number of nitrogens with zero attached hydrogens (tertiary/aromatic N) is 1. The molecule has 0 aliphatic rings. The summed E-state index contributed by atoms with van der Waals surface area (Å²) in [6, 6.07) is 14.6. The Morgan fingerprint density at radius 1 is 1.05 bits per heavy atom. The van der Waals surface area contributed by atoms with Crippen molar-refractivity contribution in [2.75, 3.05) is 0 Å². The number of rotatable bonds is 4. The Morgan fingerprint density at radius 2 is 1.95 bits per heavy atom. The van der Waals surface area contributed by atoms with Gasteiger partial charge in [-0.1, -0.05) is 24.3 Å². The number of para-hydroxylation sites is 1. The summed E-state index contributed by atoms with van der Waals surface area (Å²) in [5.74, 6) is 0. The van der Waals surface area contributed by atoms with Crippen molar-refractivity contribution in [3.8, 4) is 0 Å². The lowest BCUT2D eigenvalue weighted by Gasteiger charge is -2.06. The van der Waals surface area contributed by atoms with Gasteiger partial charge in [0.25, 0.3) is 0 Å². The zero-order chi connectivity index (χ0) is 13.1. The summed E-state index contributed by atoms with van der Waals surface area (Å²) in [5.41, 5.74) is 2.33. The Bertz CT molecular complexity index is 688. The Hall–Kier alpha value is -1.23. The highest BCUT2D eigenvalue weighted by Gasteiger charge is 2.02. The first-order valence-electron chi connectivity index (χ1n) is 6.10. The molecule has 0 bridgehead atoms. The van der Waals surface area contributed by atoms with Gasteiger partial charge in [0.1, 0.15) is 0 Å². The van der Waals surface area contributed by atoms with Gasteiger partial charge in [0.05, 0.1) is 9.30 Å². The SMILES string of the molecule is Brc1ccc(CNCc2cccc3cccnc23)s1. The molecule has 2 nitrogen and oxygen atoms in total. The fourth-order valence-electron chi connectivity index (χ4n) is 2.08. The van der Waals surface area contributed by atoms with Crippen molar-refractivity contribution in [2.24, 2.45) is 0 Å². The molecule has 3 aromatic rings. The smallest absolute Gasteiger partial charge is 0.0746 e. The van der Waals surface area contributed by atoms with Gasteiger partial charge < -0.3 is 5.32 Å². The van der Waals surface area contributed by atoms with Gasteiger partial charge in [-0.05, 0) is 39.7 Å². The van der Waals surface area contributed by atoms with E-state index >= 15 is 0 Å². The van der Waals surface area contributed by atoms with E-state index in [2.05, 4.69) is 62.6 Å². The molecule has 0 radical (unpaired) electrons. The topological polar surface area (TPSA) is 24.9 Å². The van der Waals surface area contributed by atoms with Crippen molar-refractivity contribution in [3.05, 3.63) is 62.9 Å². The van der Waals surface area contributed by atoms with Crippen LogP contribution in [0.3, 0.4) is 0 Å². The zero-order valence-corrected chi connectivity index (χ0v) is 12.7. The number of pyridine rings is 1. The van der Waals surface area contributed by atoms with E-state index in [1.807, 2.05) is 12.3 Å². The molecule has 0 atom stereocenters. The lowest BCUT2D eigenvalue weighted by molar-refractivity contribution is 0.703. The van der Waals surface area contributed by atoms with Crippen molar-refractivity contribution in [1.82, 2.24) is 10.3 Å². The van der Waals surface area contributed by atoms with Crippen LogP contribution in [0.25, 0.3) is 10.9 Å². The molecule has 4 heteroatoms. The average Bonchev–Trinajstić information content (AvgIpc) is 2.85. The molecular formula is C15H13BrN2S. The quantitative estimate of drug-likeness (QED) is 0.768. The first kappa shape index (κ1) is 12.8. The van der Waals surface area contributed by atoms with Gasteiger partial charge in [0, 0.05) is 29.5 Å². The van der Waals surface area contributed by atoms with Crippen molar-refractivity contribution in [3.63, 3.8) is 0 Å². The monoisotopic (exact) mass is 332 g/mol. The fourth-order valence-corrected chi connectivity index (χ4v) is 3.53. The highest BCUT2D eigenvalue weighted by atomic mass is 79.9. The second-order valence-corrected chi connectivity index (χ2v) is 6.85. The predicted molar refractivity (Wildman–Crippen MR) is 84.3 cm³/mol. The summed E-state index contributed by atoms with van der Waals surface area (Å²) in [6.07, 6.45) is 1.85. The van der Waals surface area contributed by atoms with Crippen LogP contribution in [0.5, 0.6) is 0 Å². The van der Waals surface area contributed by atoms with Crippen LogP contribution in [0, 0.1) is 0 Å². The molecule has 3 rings (SSSR count). The van der Waals surface area contributed by atoms with E-state index in [0.717, 1.165) is 18.6 Å². The predicted octanol–water partition coefficient (Wildman–Crippen LogP) is 4.35. The highest BCUT2D eigenvalue weighted by molar-refractivity contribution is 9.11. The molecule has 96 valence electrons. The van der Waals surface area contributed by atoms with Gasteiger partial charge in [0.2, 0.25) is 0 Å². The molecule has 0 unspecified atom stereocenters. The minimum absolute atomic E-state index is 0.837. The van der Waals surface area contributed by atoms with Crippen molar-refractivity contribution in [2.45, 2.75) is 13.1 Å². The third-order valence-electron chi connectivity index (χ3n) is 2.96. The minimum atomic E-state index is 0.837. The number of hydrogen-bond donors (Lipinski definition) is 1. The second-order valence-electron chi connectivity index (χ2n) is 4.30. The lowest BCUT2D eigenvalue weighted by Crippen LogP contribution is -2.12. The van der Waals surface area contributed by atoms with Gasteiger partial charge in [-0.2, -0.15) is 0 Å². The Balaban J connectivity index is 1.71. The summed E-state index contributed by atoms with van der Waals surface area (Å²) in [5, 5.41) is 4.67. The second kappa shape index (κ2) is 5.82. The molecular weight excluding hydrogens is 320 g/mol. The molecule has 0 fully saturated rings. The molecule has 0 aliphatic heterocycles. The van der Waals surface area contributed by atoms with Crippen LogP contribution in [0.4, 0.5) is 0 Å². The summed E-state index contributed by atoms with van der Waals surface area (Å²) in [6.45, 7) is 1.73. The normalized spacial score (nSPS) is 11.0. The maximum Gasteiger partial charge on any atom is 0.0746 e. The van der Waals surface area contributed by atoms with E-state index in [9.17, 15) is 0 Å². The van der Waals surface area contributed by atoms with Crippen LogP contribution in [-0.2, 0) is 13.1 Å². The van der Waals surface area contributed by atoms with Crippen LogP contribution >= 0.6 is 27.3 Å². The Kier molecular flexibility index (Phi) is 3.92. The van der Waals surface area contributed by atoms with E-state index in [0.29, 0.717) is 0 Å². The Labute approximate surface area is 124 Å². The first-order valence-corrected chi connectivity index (χ1v) is 7.71. The van der Waals surface area contributed by atoms with E-state index in [1.165, 1.54) is 19.6 Å². The minimum Gasteiger partial charge on any atom is -0.308 e. The van der Waals surface area contributed by atoms with Crippen LogP contribution in [0.2, 0.25) is 0 Å². The molecule has 0 amide bonds. The van der Waals surface area contributed by atoms with Crippen molar-refractivity contribution < 1.29 is 0 Å². The van der Waals surface area contributed by atoms with Crippen LogP contribution in [0.15, 0.2) is 52.4 Å². The maximum absolute atomic E-state index is 4.47. The number of hydrogen-bond acceptors (Lipinski definition) is 3. The molecule has 0 aliphatic carbocycles. The average molecular weight is 333 g/mol. The number of halogens is 1. The van der Waals surface area contributed by atoms with Crippen molar-refractivity contribution in [1.29, 1.82) is 0 Å². The lowest BCUT2D eigenvalue weighted by atomic mass is 10.1. The van der Waals surface area contributed by atoms with Gasteiger partial charge in [-0.25, -0.2) is 0 Å².